The SMILES string of the molecule is Cc1ccc(NC(=O)CN(C)C(=O)CCc2ccccc2N)cc1.Cl. The minimum absolute atomic E-state index is 0. The van der Waals surface area contributed by atoms with E-state index in [1.807, 2.05) is 55.5 Å². The summed E-state index contributed by atoms with van der Waals surface area (Å²) in [5, 5.41) is 2.78. The number of aryl methyl sites for hydroxylation is 2. The van der Waals surface area contributed by atoms with Gasteiger partial charge in [-0.3, -0.25) is 9.59 Å². The van der Waals surface area contributed by atoms with Gasteiger partial charge in [-0.2, -0.15) is 0 Å². The van der Waals surface area contributed by atoms with Gasteiger partial charge in [0.15, 0.2) is 0 Å². The van der Waals surface area contributed by atoms with Crippen LogP contribution < -0.4 is 11.1 Å². The summed E-state index contributed by atoms with van der Waals surface area (Å²) < 4.78 is 0. The molecule has 2 aromatic carbocycles. The number of anilines is 2. The second-order valence-electron chi connectivity index (χ2n) is 5.86. The van der Waals surface area contributed by atoms with E-state index in [1.165, 1.54) is 4.90 Å². The number of nitrogen functional groups attached to an aromatic ring is 1. The first-order valence-electron chi connectivity index (χ1n) is 7.89. The Bertz CT molecular complexity index is 717. The topological polar surface area (TPSA) is 75.4 Å². The molecule has 0 saturated heterocycles. The lowest BCUT2D eigenvalue weighted by atomic mass is 10.1. The van der Waals surface area contributed by atoms with Crippen molar-refractivity contribution in [2.24, 2.45) is 0 Å². The van der Waals surface area contributed by atoms with Gasteiger partial charge >= 0.3 is 0 Å². The first-order valence-corrected chi connectivity index (χ1v) is 7.89. The van der Waals surface area contributed by atoms with Gasteiger partial charge in [0.2, 0.25) is 11.8 Å². The molecule has 0 saturated carbocycles. The number of amides is 2. The number of likely N-dealkylation sites (N-methyl/N-ethyl adjacent to an activating group) is 1. The Balaban J connectivity index is 0.00000312. The fourth-order valence-electron chi connectivity index (χ4n) is 2.34. The van der Waals surface area contributed by atoms with Crippen LogP contribution >= 0.6 is 12.4 Å². The van der Waals surface area contributed by atoms with E-state index in [4.69, 9.17) is 5.73 Å². The van der Waals surface area contributed by atoms with Crippen molar-refractivity contribution >= 4 is 35.6 Å². The van der Waals surface area contributed by atoms with Crippen LogP contribution in [0.1, 0.15) is 17.5 Å². The maximum absolute atomic E-state index is 12.2. The van der Waals surface area contributed by atoms with Crippen LogP contribution in [0.4, 0.5) is 11.4 Å². The summed E-state index contributed by atoms with van der Waals surface area (Å²) in [6.07, 6.45) is 0.887. The second-order valence-corrected chi connectivity index (χ2v) is 5.86. The molecule has 0 unspecified atom stereocenters. The van der Waals surface area contributed by atoms with E-state index >= 15 is 0 Å². The third-order valence-corrected chi connectivity index (χ3v) is 3.81. The van der Waals surface area contributed by atoms with E-state index in [2.05, 4.69) is 5.32 Å². The van der Waals surface area contributed by atoms with Gasteiger partial charge in [0.25, 0.3) is 0 Å². The lowest BCUT2D eigenvalue weighted by Crippen LogP contribution is -2.35. The fourth-order valence-corrected chi connectivity index (χ4v) is 2.34. The van der Waals surface area contributed by atoms with Gasteiger partial charge in [-0.1, -0.05) is 35.9 Å². The minimum atomic E-state index is -0.214. The molecule has 3 N–H and O–H groups in total. The summed E-state index contributed by atoms with van der Waals surface area (Å²) in [6, 6.07) is 15.0. The number of nitrogens with zero attached hydrogens (tertiary/aromatic N) is 1. The number of carbonyl (C=O) groups is 2. The number of benzene rings is 2. The van der Waals surface area contributed by atoms with E-state index in [-0.39, 0.29) is 30.8 Å². The molecule has 2 rings (SSSR count). The zero-order chi connectivity index (χ0) is 17.5. The number of carbonyl (C=O) groups excluding carboxylic acids is 2. The molecule has 2 amide bonds. The molecule has 0 aliphatic carbocycles. The van der Waals surface area contributed by atoms with Crippen molar-refractivity contribution in [2.75, 3.05) is 24.6 Å². The van der Waals surface area contributed by atoms with Crippen LogP contribution in [0, 0.1) is 6.92 Å². The van der Waals surface area contributed by atoms with E-state index in [9.17, 15) is 9.59 Å². The predicted octanol–water partition coefficient (Wildman–Crippen LogP) is 3.03. The molecule has 0 atom stereocenters. The minimum Gasteiger partial charge on any atom is -0.399 e. The molecule has 0 aliphatic heterocycles. The smallest absolute Gasteiger partial charge is 0.243 e. The van der Waals surface area contributed by atoms with E-state index in [1.54, 1.807) is 7.05 Å². The standard InChI is InChI=1S/C19H23N3O2.ClH/c1-14-7-10-16(11-8-14)21-18(23)13-22(2)19(24)12-9-15-5-3-4-6-17(15)20;/h3-8,10-11H,9,12-13,20H2,1-2H3,(H,21,23);1H. The Labute approximate surface area is 154 Å². The largest absolute Gasteiger partial charge is 0.399 e. The van der Waals surface area contributed by atoms with Crippen molar-refractivity contribution in [1.82, 2.24) is 4.90 Å². The third-order valence-electron chi connectivity index (χ3n) is 3.81. The van der Waals surface area contributed by atoms with E-state index in [0.29, 0.717) is 18.5 Å². The normalized spacial score (nSPS) is 9.84. The number of halogens is 1. The molecular weight excluding hydrogens is 338 g/mol. The summed E-state index contributed by atoms with van der Waals surface area (Å²) in [6.45, 7) is 2.01. The van der Waals surface area contributed by atoms with Gasteiger partial charge in [-0.05, 0) is 37.1 Å². The maximum Gasteiger partial charge on any atom is 0.243 e. The van der Waals surface area contributed by atoms with E-state index in [0.717, 1.165) is 16.8 Å². The van der Waals surface area contributed by atoms with Gasteiger partial charge in [-0.15, -0.1) is 12.4 Å². The molecule has 0 fully saturated rings. The molecule has 0 aromatic heterocycles. The molecule has 2 aromatic rings. The Morgan fingerprint density at radius 1 is 1.08 bits per heavy atom. The van der Waals surface area contributed by atoms with Crippen molar-refractivity contribution in [2.45, 2.75) is 19.8 Å². The summed E-state index contributed by atoms with van der Waals surface area (Å²) in [5.74, 6) is -0.300. The van der Waals surface area contributed by atoms with Gasteiger partial charge in [0, 0.05) is 24.8 Å². The zero-order valence-corrected chi connectivity index (χ0v) is 15.3. The molecule has 0 heterocycles. The number of nitrogens with one attached hydrogen (secondary N) is 1. The molecular formula is C19H24ClN3O2. The predicted molar refractivity (Wildman–Crippen MR) is 104 cm³/mol. The summed E-state index contributed by atoms with van der Waals surface area (Å²) in [5.41, 5.74) is 9.35. The quantitative estimate of drug-likeness (QED) is 0.776. The monoisotopic (exact) mass is 361 g/mol. The van der Waals surface area contributed by atoms with Crippen LogP contribution in [0.15, 0.2) is 48.5 Å². The van der Waals surface area contributed by atoms with Crippen molar-refractivity contribution in [1.29, 1.82) is 0 Å². The van der Waals surface area contributed by atoms with E-state index < -0.39 is 0 Å². The van der Waals surface area contributed by atoms with Crippen LogP contribution in [0.2, 0.25) is 0 Å². The van der Waals surface area contributed by atoms with Crippen molar-refractivity contribution < 1.29 is 9.59 Å². The molecule has 0 aliphatic rings. The van der Waals surface area contributed by atoms with Crippen LogP contribution in [-0.4, -0.2) is 30.3 Å². The summed E-state index contributed by atoms with van der Waals surface area (Å²) in [4.78, 5) is 25.6. The maximum atomic E-state index is 12.2. The van der Waals surface area contributed by atoms with Crippen molar-refractivity contribution in [3.8, 4) is 0 Å². The summed E-state index contributed by atoms with van der Waals surface area (Å²) in [7, 11) is 1.63. The molecule has 0 spiro atoms. The summed E-state index contributed by atoms with van der Waals surface area (Å²) >= 11 is 0. The number of hydrogen-bond donors (Lipinski definition) is 2. The molecule has 0 bridgehead atoms. The Kier molecular flexibility index (Phi) is 7.95. The number of rotatable bonds is 6. The van der Waals surface area contributed by atoms with Crippen LogP contribution in [0.5, 0.6) is 0 Å². The van der Waals surface area contributed by atoms with Gasteiger partial charge in [0.05, 0.1) is 6.54 Å². The van der Waals surface area contributed by atoms with Gasteiger partial charge < -0.3 is 16.0 Å². The highest BCUT2D eigenvalue weighted by Gasteiger charge is 2.13. The molecule has 25 heavy (non-hydrogen) atoms. The Hall–Kier alpha value is -2.53. The average molecular weight is 362 g/mol. The Morgan fingerprint density at radius 3 is 2.36 bits per heavy atom. The first-order chi connectivity index (χ1) is 11.5. The van der Waals surface area contributed by atoms with Gasteiger partial charge in [0.1, 0.15) is 0 Å². The van der Waals surface area contributed by atoms with Crippen LogP contribution in [0.3, 0.4) is 0 Å². The lowest BCUT2D eigenvalue weighted by Gasteiger charge is -2.17. The number of nitrogens with two attached hydrogens (primary N) is 1. The highest BCUT2D eigenvalue weighted by molar-refractivity contribution is 5.94. The highest BCUT2D eigenvalue weighted by atomic mass is 35.5. The van der Waals surface area contributed by atoms with Crippen molar-refractivity contribution in [3.05, 3.63) is 59.7 Å². The molecule has 5 nitrogen and oxygen atoms in total. The number of para-hydroxylation sites is 1. The lowest BCUT2D eigenvalue weighted by molar-refractivity contribution is -0.133. The average Bonchev–Trinajstić information content (AvgIpc) is 2.56. The highest BCUT2D eigenvalue weighted by Crippen LogP contribution is 2.13. The van der Waals surface area contributed by atoms with Crippen LogP contribution in [0.25, 0.3) is 0 Å². The van der Waals surface area contributed by atoms with Crippen molar-refractivity contribution in [3.63, 3.8) is 0 Å². The second kappa shape index (κ2) is 9.69. The zero-order valence-electron chi connectivity index (χ0n) is 14.5. The van der Waals surface area contributed by atoms with Crippen LogP contribution in [-0.2, 0) is 16.0 Å². The fraction of sp³-hybridized carbons (Fsp3) is 0.263. The molecule has 0 radical (unpaired) electrons. The number of hydrogen-bond acceptors (Lipinski definition) is 3. The van der Waals surface area contributed by atoms with Gasteiger partial charge in [-0.25, -0.2) is 0 Å². The third kappa shape index (κ3) is 6.47. The first kappa shape index (κ1) is 20.5. The molecule has 134 valence electrons. The molecule has 6 heteroatoms. The Morgan fingerprint density at radius 2 is 1.72 bits per heavy atom.